The predicted octanol–water partition coefficient (Wildman–Crippen LogP) is 9.99. The molecule has 10 heteroatoms. The summed E-state index contributed by atoms with van der Waals surface area (Å²) in [6.07, 6.45) is 0.652. The molecule has 0 bridgehead atoms. The second kappa shape index (κ2) is 19.8. The summed E-state index contributed by atoms with van der Waals surface area (Å²) in [5.41, 5.74) is 4.23. The van der Waals surface area contributed by atoms with Crippen LogP contribution in [-0.2, 0) is 35.6 Å². The van der Waals surface area contributed by atoms with Gasteiger partial charge in [0.15, 0.2) is 23.1 Å². The summed E-state index contributed by atoms with van der Waals surface area (Å²) >= 11 is 7.11. The average Bonchev–Trinajstić information content (AvgIpc) is 3.65. The molecule has 0 aromatic heterocycles. The molecule has 2 atom stereocenters. The normalized spacial score (nSPS) is 15.9. The van der Waals surface area contributed by atoms with Gasteiger partial charge in [-0.3, -0.25) is 4.79 Å². The lowest BCUT2D eigenvalue weighted by molar-refractivity contribution is -0.128. The molecular weight excluding hydrogens is 860 g/mol. The van der Waals surface area contributed by atoms with Crippen molar-refractivity contribution in [1.82, 2.24) is 5.32 Å². The number of ether oxygens (including phenoxy) is 4. The van der Waals surface area contributed by atoms with E-state index in [1.165, 1.54) is 0 Å². The van der Waals surface area contributed by atoms with E-state index in [4.69, 9.17) is 29.0 Å². The average molecular weight is 905 g/mol. The van der Waals surface area contributed by atoms with Crippen molar-refractivity contribution < 1.29 is 28.8 Å². The Morgan fingerprint density at radius 3 is 1.93 bits per heavy atom. The molecule has 0 aliphatic carbocycles. The molecule has 0 radical (unpaired) electrons. The van der Waals surface area contributed by atoms with Crippen molar-refractivity contribution >= 4 is 43.7 Å². The van der Waals surface area contributed by atoms with Gasteiger partial charge in [-0.2, -0.15) is 0 Å². The molecule has 6 aromatic rings. The van der Waals surface area contributed by atoms with Gasteiger partial charge in [0.2, 0.25) is 5.90 Å². The summed E-state index contributed by atoms with van der Waals surface area (Å²) in [7, 11) is 0. The van der Waals surface area contributed by atoms with Crippen molar-refractivity contribution in [3.8, 4) is 17.2 Å². The molecular formula is C48H44Br2N2O6. The molecule has 0 spiro atoms. The van der Waals surface area contributed by atoms with Crippen LogP contribution >= 0.6 is 31.9 Å². The molecule has 58 heavy (non-hydrogen) atoms. The highest BCUT2D eigenvalue weighted by molar-refractivity contribution is 9.10. The molecule has 0 saturated carbocycles. The molecule has 0 unspecified atom stereocenters. The molecule has 6 aromatic carbocycles. The van der Waals surface area contributed by atoms with Gasteiger partial charge in [-0.05, 0) is 94.9 Å². The van der Waals surface area contributed by atoms with Crippen LogP contribution in [0.15, 0.2) is 166 Å². The van der Waals surface area contributed by atoms with Crippen molar-refractivity contribution in [1.29, 1.82) is 0 Å². The highest BCUT2D eigenvalue weighted by Crippen LogP contribution is 2.43. The number of aliphatic hydroxyl groups excluding tert-OH is 1. The summed E-state index contributed by atoms with van der Waals surface area (Å²) in [5.74, 6) is 2.07. The largest absolute Gasteiger partial charge is 0.494 e. The zero-order chi connectivity index (χ0) is 40.2. The monoisotopic (exact) mass is 902 g/mol. The summed E-state index contributed by atoms with van der Waals surface area (Å²) < 4.78 is 26.9. The lowest BCUT2D eigenvalue weighted by Gasteiger charge is -2.31. The molecule has 0 saturated heterocycles. The van der Waals surface area contributed by atoms with Gasteiger partial charge in [0, 0.05) is 40.5 Å². The van der Waals surface area contributed by atoms with Crippen molar-refractivity contribution in [2.24, 2.45) is 4.99 Å². The van der Waals surface area contributed by atoms with Crippen molar-refractivity contribution in [3.05, 3.63) is 194 Å². The van der Waals surface area contributed by atoms with Gasteiger partial charge in [-0.15, -0.1) is 0 Å². The summed E-state index contributed by atoms with van der Waals surface area (Å²) in [5, 5.41) is 12.4. The van der Waals surface area contributed by atoms with E-state index >= 15 is 0 Å². The van der Waals surface area contributed by atoms with Crippen molar-refractivity contribution in [3.63, 3.8) is 0 Å². The van der Waals surface area contributed by atoms with E-state index in [-0.39, 0.29) is 12.5 Å². The number of hydrogen-bond acceptors (Lipinski definition) is 7. The maximum Gasteiger partial charge on any atom is 0.252 e. The zero-order valence-corrected chi connectivity index (χ0v) is 35.0. The first-order chi connectivity index (χ1) is 28.4. The van der Waals surface area contributed by atoms with Gasteiger partial charge in [-0.1, -0.05) is 123 Å². The second-order valence-corrected chi connectivity index (χ2v) is 15.8. The molecule has 1 amide bonds. The number of benzene rings is 6. The summed E-state index contributed by atoms with van der Waals surface area (Å²) in [4.78, 5) is 20.0. The van der Waals surface area contributed by atoms with Crippen LogP contribution in [-0.4, -0.2) is 42.2 Å². The fraction of sp³-hybridized carbons (Fsp3) is 0.208. The quantitative estimate of drug-likeness (QED) is 0.0834. The van der Waals surface area contributed by atoms with E-state index in [9.17, 15) is 4.79 Å². The smallest absolute Gasteiger partial charge is 0.252 e. The maximum atomic E-state index is 14.9. The van der Waals surface area contributed by atoms with Gasteiger partial charge < -0.3 is 29.4 Å². The number of nitrogens with one attached hydrogen (secondary N) is 1. The van der Waals surface area contributed by atoms with Crippen LogP contribution in [0.4, 0.5) is 0 Å². The minimum Gasteiger partial charge on any atom is -0.494 e. The predicted molar refractivity (Wildman–Crippen MR) is 233 cm³/mol. The summed E-state index contributed by atoms with van der Waals surface area (Å²) in [6, 6.07) is 49.2. The molecule has 1 heterocycles. The number of amides is 1. The third-order valence-corrected chi connectivity index (χ3v) is 10.8. The molecule has 0 fully saturated rings. The molecule has 2 N–H and O–H groups in total. The Hall–Kier alpha value is -5.42. The maximum absolute atomic E-state index is 14.9. The van der Waals surface area contributed by atoms with Gasteiger partial charge in [0.1, 0.15) is 19.0 Å². The van der Waals surface area contributed by atoms with E-state index in [0.29, 0.717) is 68.8 Å². The Balaban J connectivity index is 1.15. The highest BCUT2D eigenvalue weighted by atomic mass is 79.9. The number of rotatable bonds is 18. The Kier molecular flexibility index (Phi) is 13.9. The topological polar surface area (TPSA) is 98.6 Å². The van der Waals surface area contributed by atoms with Crippen LogP contribution in [0.1, 0.15) is 45.9 Å². The molecule has 1 aliphatic rings. The first kappa shape index (κ1) is 40.8. The standard InChI is InChI=1S/C48H44Br2N2O6/c49-40-19-12-35(13-20-40)31-48(45(38-15-21-41(50)22-16-38)58-46(52-48)39-17-23-42(24-18-39)55-29-7-28-53)47(54)51-27-26-34-14-25-43(56-32-36-8-3-1-4-9-36)44(30-34)57-33-37-10-5-2-6-11-37/h1-6,8-25,30,45,53H,7,26-29,31-33H2,(H,51,54)/t45-,48-/m1/s1. The third-order valence-electron chi connectivity index (χ3n) is 9.77. The minimum absolute atomic E-state index is 0.0589. The lowest BCUT2D eigenvalue weighted by Crippen LogP contribution is -2.50. The number of aliphatic hydroxyl groups is 1. The van der Waals surface area contributed by atoms with Gasteiger partial charge >= 0.3 is 0 Å². The molecule has 7 rings (SSSR count). The molecule has 296 valence electrons. The number of hydrogen-bond donors (Lipinski definition) is 2. The zero-order valence-electron chi connectivity index (χ0n) is 31.9. The Morgan fingerprint density at radius 2 is 1.29 bits per heavy atom. The lowest BCUT2D eigenvalue weighted by atomic mass is 9.82. The Labute approximate surface area is 356 Å². The molecule has 1 aliphatic heterocycles. The van der Waals surface area contributed by atoms with E-state index in [1.54, 1.807) is 0 Å². The van der Waals surface area contributed by atoms with Gasteiger partial charge in [0.05, 0.1) is 6.61 Å². The van der Waals surface area contributed by atoms with Crippen molar-refractivity contribution in [2.75, 3.05) is 19.8 Å². The minimum atomic E-state index is -1.34. The van der Waals surface area contributed by atoms with Crippen LogP contribution in [0, 0.1) is 0 Å². The SMILES string of the molecule is O=C(NCCc1ccc(OCc2ccccc2)c(OCc2ccccc2)c1)[C@]1(Cc2ccc(Br)cc2)N=C(c2ccc(OCCCO)cc2)O[C@@H]1c1ccc(Br)cc1. The van der Waals surface area contributed by atoms with Crippen LogP contribution in [0.25, 0.3) is 0 Å². The van der Waals surface area contributed by atoms with Gasteiger partial charge in [0.25, 0.3) is 5.91 Å². The number of halogens is 2. The fourth-order valence-corrected chi connectivity index (χ4v) is 7.25. The third kappa shape index (κ3) is 10.5. The number of carbonyl (C=O) groups excluding carboxylic acids is 1. The second-order valence-electron chi connectivity index (χ2n) is 14.0. The van der Waals surface area contributed by atoms with E-state index < -0.39 is 11.6 Å². The molecule has 8 nitrogen and oxygen atoms in total. The van der Waals surface area contributed by atoms with Crippen LogP contribution in [0.2, 0.25) is 0 Å². The van der Waals surface area contributed by atoms with Crippen LogP contribution in [0.3, 0.4) is 0 Å². The Morgan fingerprint density at radius 1 is 0.690 bits per heavy atom. The number of carbonyl (C=O) groups is 1. The number of aliphatic imine (C=N–C) groups is 1. The summed E-state index contributed by atoms with van der Waals surface area (Å²) in [6.45, 7) is 1.61. The van der Waals surface area contributed by atoms with E-state index in [1.807, 2.05) is 152 Å². The Bertz CT molecular complexity index is 2270. The fourth-order valence-electron chi connectivity index (χ4n) is 6.72. The van der Waals surface area contributed by atoms with E-state index in [2.05, 4.69) is 37.2 Å². The first-order valence-electron chi connectivity index (χ1n) is 19.2. The van der Waals surface area contributed by atoms with Crippen molar-refractivity contribution in [2.45, 2.75) is 44.1 Å². The first-order valence-corrected chi connectivity index (χ1v) is 20.8. The van der Waals surface area contributed by atoms with Gasteiger partial charge in [-0.25, -0.2) is 4.99 Å². The van der Waals surface area contributed by atoms with Crippen LogP contribution in [0.5, 0.6) is 17.2 Å². The number of nitrogens with zero attached hydrogens (tertiary/aromatic N) is 1. The van der Waals surface area contributed by atoms with Crippen LogP contribution < -0.4 is 19.5 Å². The highest BCUT2D eigenvalue weighted by Gasteiger charge is 2.53. The van der Waals surface area contributed by atoms with E-state index in [0.717, 1.165) is 42.3 Å².